The molecule has 4 rings (SSSR count). The van der Waals surface area contributed by atoms with E-state index in [1.807, 2.05) is 18.2 Å². The highest BCUT2D eigenvalue weighted by molar-refractivity contribution is 7.92. The molecule has 0 aliphatic heterocycles. The van der Waals surface area contributed by atoms with Crippen molar-refractivity contribution in [3.05, 3.63) is 77.2 Å². The standard InChI is InChI=1S/C25H18Cl2FN3O4S/c1-36(32,33)31-25-23(28)21-7-4-16(10-18(21)14-30-25)15-2-5-19(6-3-15)35-20-11-17(13-29)24(22(27)12-20)34-9-8-26/h2-7,10-12,14H,8-9H2,1H3,(H,30,31). The van der Waals surface area contributed by atoms with Crippen LogP contribution in [0.5, 0.6) is 17.2 Å². The van der Waals surface area contributed by atoms with E-state index in [2.05, 4.69) is 9.71 Å². The number of nitriles is 1. The molecule has 1 aromatic heterocycles. The van der Waals surface area contributed by atoms with Crippen molar-refractivity contribution in [1.82, 2.24) is 4.98 Å². The molecule has 0 amide bonds. The molecule has 3 aromatic carbocycles. The molecule has 0 saturated heterocycles. The van der Waals surface area contributed by atoms with Crippen molar-refractivity contribution >= 4 is 49.8 Å². The summed E-state index contributed by atoms with van der Waals surface area (Å²) in [4.78, 5) is 3.90. The van der Waals surface area contributed by atoms with Crippen molar-refractivity contribution in [1.29, 1.82) is 5.26 Å². The number of ether oxygens (including phenoxy) is 2. The summed E-state index contributed by atoms with van der Waals surface area (Å²) in [6.07, 6.45) is 2.34. The Kier molecular flexibility index (Phi) is 7.50. The molecule has 0 atom stereocenters. The van der Waals surface area contributed by atoms with Gasteiger partial charge in [0.25, 0.3) is 0 Å². The molecule has 0 fully saturated rings. The predicted molar refractivity (Wildman–Crippen MR) is 138 cm³/mol. The zero-order valence-electron chi connectivity index (χ0n) is 18.8. The molecular weight excluding hydrogens is 528 g/mol. The van der Waals surface area contributed by atoms with Gasteiger partial charge in [0, 0.05) is 29.1 Å². The molecule has 0 radical (unpaired) electrons. The number of aromatic nitrogens is 1. The topological polar surface area (TPSA) is 101 Å². The van der Waals surface area contributed by atoms with Crippen LogP contribution in [0.25, 0.3) is 21.9 Å². The van der Waals surface area contributed by atoms with Gasteiger partial charge in [0.2, 0.25) is 10.0 Å². The maximum absolute atomic E-state index is 14.7. The van der Waals surface area contributed by atoms with Crippen LogP contribution in [-0.4, -0.2) is 32.1 Å². The van der Waals surface area contributed by atoms with Gasteiger partial charge in [0.1, 0.15) is 24.2 Å². The summed E-state index contributed by atoms with van der Waals surface area (Å²) < 4.78 is 50.9. The van der Waals surface area contributed by atoms with E-state index in [1.54, 1.807) is 36.4 Å². The number of rotatable bonds is 8. The monoisotopic (exact) mass is 545 g/mol. The minimum atomic E-state index is -3.66. The molecule has 0 bridgehead atoms. The fourth-order valence-corrected chi connectivity index (χ4v) is 4.30. The third-order valence-electron chi connectivity index (χ3n) is 5.00. The van der Waals surface area contributed by atoms with E-state index in [1.165, 1.54) is 12.3 Å². The maximum atomic E-state index is 14.7. The number of pyridine rings is 1. The molecule has 1 N–H and O–H groups in total. The van der Waals surface area contributed by atoms with Gasteiger partial charge in [-0.25, -0.2) is 17.8 Å². The van der Waals surface area contributed by atoms with Crippen LogP contribution in [0, 0.1) is 17.1 Å². The number of hydrogen-bond donors (Lipinski definition) is 1. The average molecular weight is 546 g/mol. The average Bonchev–Trinajstić information content (AvgIpc) is 2.84. The van der Waals surface area contributed by atoms with Gasteiger partial charge in [0.15, 0.2) is 17.4 Å². The van der Waals surface area contributed by atoms with Gasteiger partial charge in [-0.05, 0) is 29.3 Å². The van der Waals surface area contributed by atoms with Crippen molar-refractivity contribution in [3.63, 3.8) is 0 Å². The van der Waals surface area contributed by atoms with Gasteiger partial charge in [-0.1, -0.05) is 35.9 Å². The summed E-state index contributed by atoms with van der Waals surface area (Å²) in [5.41, 5.74) is 1.87. The molecule has 0 aliphatic carbocycles. The summed E-state index contributed by atoms with van der Waals surface area (Å²) in [6, 6.07) is 17.3. The van der Waals surface area contributed by atoms with E-state index in [9.17, 15) is 18.1 Å². The Bertz CT molecular complexity index is 1590. The second-order valence-corrected chi connectivity index (χ2v) is 10.2. The first kappa shape index (κ1) is 25.5. The highest BCUT2D eigenvalue weighted by Crippen LogP contribution is 2.36. The zero-order chi connectivity index (χ0) is 25.9. The maximum Gasteiger partial charge on any atom is 0.231 e. The normalized spacial score (nSPS) is 11.2. The highest BCUT2D eigenvalue weighted by atomic mass is 35.5. The van der Waals surface area contributed by atoms with Crippen LogP contribution in [0.1, 0.15) is 5.56 Å². The van der Waals surface area contributed by atoms with Crippen molar-refractivity contribution in [2.45, 2.75) is 0 Å². The Balaban J connectivity index is 1.56. The third-order valence-corrected chi connectivity index (χ3v) is 5.99. The van der Waals surface area contributed by atoms with Crippen LogP contribution in [0.4, 0.5) is 10.2 Å². The number of halogens is 3. The Morgan fingerprint density at radius 2 is 1.81 bits per heavy atom. The van der Waals surface area contributed by atoms with Gasteiger partial charge >= 0.3 is 0 Å². The van der Waals surface area contributed by atoms with Gasteiger partial charge < -0.3 is 9.47 Å². The lowest BCUT2D eigenvalue weighted by Gasteiger charge is -2.12. The molecule has 184 valence electrons. The Labute approximate surface area is 217 Å². The molecular formula is C25H18Cl2FN3O4S. The van der Waals surface area contributed by atoms with Crippen molar-refractivity contribution < 1.29 is 22.3 Å². The minimum absolute atomic E-state index is 0.216. The smallest absolute Gasteiger partial charge is 0.231 e. The first-order valence-corrected chi connectivity index (χ1v) is 13.3. The van der Waals surface area contributed by atoms with Crippen molar-refractivity contribution in [2.24, 2.45) is 0 Å². The Hall–Kier alpha value is -3.58. The predicted octanol–water partition coefficient (Wildman–Crippen LogP) is 6.35. The first-order chi connectivity index (χ1) is 17.2. The van der Waals surface area contributed by atoms with E-state index >= 15 is 0 Å². The van der Waals surface area contributed by atoms with E-state index in [4.69, 9.17) is 32.7 Å². The number of nitrogens with one attached hydrogen (secondary N) is 1. The molecule has 0 aliphatic rings. The highest BCUT2D eigenvalue weighted by Gasteiger charge is 2.14. The van der Waals surface area contributed by atoms with Gasteiger partial charge in [-0.2, -0.15) is 5.26 Å². The van der Waals surface area contributed by atoms with Crippen LogP contribution < -0.4 is 14.2 Å². The quantitative estimate of drug-likeness (QED) is 0.259. The van der Waals surface area contributed by atoms with Gasteiger partial charge in [-0.15, -0.1) is 11.6 Å². The molecule has 0 saturated carbocycles. The molecule has 0 spiro atoms. The van der Waals surface area contributed by atoms with Crippen LogP contribution in [0.15, 0.2) is 60.8 Å². The number of benzene rings is 3. The van der Waals surface area contributed by atoms with Gasteiger partial charge in [0.05, 0.1) is 22.7 Å². The summed E-state index contributed by atoms with van der Waals surface area (Å²) in [5, 5.41) is 10.4. The summed E-state index contributed by atoms with van der Waals surface area (Å²) in [6.45, 7) is 0.216. The van der Waals surface area contributed by atoms with E-state index in [-0.39, 0.29) is 40.0 Å². The fraction of sp³-hybridized carbons (Fsp3) is 0.120. The SMILES string of the molecule is CS(=O)(=O)Nc1ncc2cc(-c3ccc(Oc4cc(Cl)c(OCCCl)c(C#N)c4)cc3)ccc2c1F. The van der Waals surface area contributed by atoms with Crippen molar-refractivity contribution in [2.75, 3.05) is 23.5 Å². The minimum Gasteiger partial charge on any atom is -0.489 e. The number of anilines is 1. The Morgan fingerprint density at radius 1 is 1.08 bits per heavy atom. The second kappa shape index (κ2) is 10.6. The van der Waals surface area contributed by atoms with Gasteiger partial charge in [-0.3, -0.25) is 4.72 Å². The van der Waals surface area contributed by atoms with Crippen LogP contribution >= 0.6 is 23.2 Å². The molecule has 11 heteroatoms. The van der Waals surface area contributed by atoms with Crippen molar-refractivity contribution in [3.8, 4) is 34.4 Å². The number of fused-ring (bicyclic) bond motifs is 1. The largest absolute Gasteiger partial charge is 0.489 e. The van der Waals surface area contributed by atoms with E-state index in [0.717, 1.165) is 17.4 Å². The third kappa shape index (κ3) is 5.79. The first-order valence-electron chi connectivity index (χ1n) is 10.5. The number of sulfonamides is 1. The number of alkyl halides is 1. The van der Waals surface area contributed by atoms with Crippen LogP contribution in [0.2, 0.25) is 5.02 Å². The molecule has 7 nitrogen and oxygen atoms in total. The summed E-state index contributed by atoms with van der Waals surface area (Å²) in [5.74, 6) is 0.297. The Morgan fingerprint density at radius 3 is 2.47 bits per heavy atom. The van der Waals surface area contributed by atoms with Crippen LogP contribution in [0.3, 0.4) is 0 Å². The van der Waals surface area contributed by atoms with E-state index in [0.29, 0.717) is 16.9 Å². The molecule has 36 heavy (non-hydrogen) atoms. The van der Waals surface area contributed by atoms with Crippen LogP contribution in [-0.2, 0) is 10.0 Å². The van der Waals surface area contributed by atoms with E-state index < -0.39 is 15.8 Å². The number of hydrogen-bond acceptors (Lipinski definition) is 6. The summed E-state index contributed by atoms with van der Waals surface area (Å²) in [7, 11) is -3.66. The fourth-order valence-electron chi connectivity index (χ4n) is 3.46. The lowest BCUT2D eigenvalue weighted by Crippen LogP contribution is -2.12. The second-order valence-electron chi connectivity index (χ2n) is 7.65. The summed E-state index contributed by atoms with van der Waals surface area (Å²) >= 11 is 11.9. The zero-order valence-corrected chi connectivity index (χ0v) is 21.1. The molecule has 4 aromatic rings. The lowest BCUT2D eigenvalue weighted by atomic mass is 10.0. The number of nitrogens with zero attached hydrogens (tertiary/aromatic N) is 2. The molecule has 0 unspecified atom stereocenters. The lowest BCUT2D eigenvalue weighted by molar-refractivity contribution is 0.341. The molecule has 1 heterocycles.